The van der Waals surface area contributed by atoms with Crippen molar-refractivity contribution in [3.63, 3.8) is 0 Å². The number of aryl methyl sites for hydroxylation is 3. The summed E-state index contributed by atoms with van der Waals surface area (Å²) in [4.78, 5) is 0. The van der Waals surface area contributed by atoms with Gasteiger partial charge in [0.25, 0.3) is 0 Å². The van der Waals surface area contributed by atoms with Gasteiger partial charge in [0.05, 0.1) is 0 Å². The lowest BCUT2D eigenvalue weighted by atomic mass is 10.1. The SMILES string of the molecule is CCc1c2ccc(C)cc2cc[n+]1C. The van der Waals surface area contributed by atoms with Crippen molar-refractivity contribution in [1.29, 1.82) is 0 Å². The van der Waals surface area contributed by atoms with Crippen LogP contribution in [0.2, 0.25) is 0 Å². The zero-order valence-corrected chi connectivity index (χ0v) is 9.04. The third kappa shape index (κ3) is 1.39. The van der Waals surface area contributed by atoms with Crippen molar-refractivity contribution in [2.24, 2.45) is 7.05 Å². The molecule has 0 fully saturated rings. The number of nitrogens with zero attached hydrogens (tertiary/aromatic N) is 1. The Kier molecular flexibility index (Phi) is 2.24. The van der Waals surface area contributed by atoms with Gasteiger partial charge in [0, 0.05) is 17.9 Å². The molecular formula is C13H16N+. The highest BCUT2D eigenvalue weighted by Crippen LogP contribution is 2.17. The van der Waals surface area contributed by atoms with E-state index in [1.165, 1.54) is 22.0 Å². The lowest BCUT2D eigenvalue weighted by Crippen LogP contribution is -2.32. The van der Waals surface area contributed by atoms with Gasteiger partial charge in [-0.3, -0.25) is 0 Å². The lowest BCUT2D eigenvalue weighted by Gasteiger charge is -2.03. The average Bonchev–Trinajstić information content (AvgIpc) is 2.18. The minimum Gasteiger partial charge on any atom is -0.205 e. The maximum atomic E-state index is 2.24. The predicted molar refractivity (Wildman–Crippen MR) is 59.2 cm³/mol. The summed E-state index contributed by atoms with van der Waals surface area (Å²) in [6, 6.07) is 8.83. The Balaban J connectivity index is 2.82. The second-order valence-corrected chi connectivity index (χ2v) is 3.82. The summed E-state index contributed by atoms with van der Waals surface area (Å²) in [7, 11) is 2.11. The zero-order valence-electron chi connectivity index (χ0n) is 9.04. The van der Waals surface area contributed by atoms with Gasteiger partial charge in [0.15, 0.2) is 11.9 Å². The van der Waals surface area contributed by atoms with Crippen LogP contribution < -0.4 is 4.57 Å². The largest absolute Gasteiger partial charge is 0.205 e. The lowest BCUT2D eigenvalue weighted by molar-refractivity contribution is -0.677. The zero-order chi connectivity index (χ0) is 10.1. The number of aromatic nitrogens is 1. The van der Waals surface area contributed by atoms with E-state index in [0.717, 1.165) is 6.42 Å². The van der Waals surface area contributed by atoms with Crippen molar-refractivity contribution < 1.29 is 4.57 Å². The number of rotatable bonds is 1. The maximum absolute atomic E-state index is 2.24. The Morgan fingerprint density at radius 1 is 1.21 bits per heavy atom. The molecule has 1 aromatic heterocycles. The average molecular weight is 186 g/mol. The molecule has 0 radical (unpaired) electrons. The minimum atomic E-state index is 1.08. The smallest absolute Gasteiger partial charge is 0.188 e. The second kappa shape index (κ2) is 3.41. The predicted octanol–water partition coefficient (Wildman–Crippen LogP) is 2.54. The Morgan fingerprint density at radius 2 is 2.00 bits per heavy atom. The number of hydrogen-bond donors (Lipinski definition) is 0. The van der Waals surface area contributed by atoms with Crippen LogP contribution in [-0.2, 0) is 13.5 Å². The summed E-state index contributed by atoms with van der Waals surface area (Å²) in [5, 5.41) is 2.73. The molecule has 1 nitrogen and oxygen atoms in total. The molecule has 0 aliphatic heterocycles. The molecular weight excluding hydrogens is 170 g/mol. The Bertz CT molecular complexity index is 472. The van der Waals surface area contributed by atoms with Gasteiger partial charge in [-0.2, -0.15) is 0 Å². The van der Waals surface area contributed by atoms with E-state index in [0.29, 0.717) is 0 Å². The third-order valence-electron chi connectivity index (χ3n) is 2.76. The summed E-state index contributed by atoms with van der Waals surface area (Å²) < 4.78 is 2.21. The van der Waals surface area contributed by atoms with Crippen LogP contribution in [0.15, 0.2) is 30.5 Å². The molecule has 14 heavy (non-hydrogen) atoms. The molecule has 0 N–H and O–H groups in total. The molecule has 1 heterocycles. The highest BCUT2D eigenvalue weighted by atomic mass is 14.9. The molecule has 1 aromatic carbocycles. The Hall–Kier alpha value is -1.37. The van der Waals surface area contributed by atoms with Crippen molar-refractivity contribution >= 4 is 10.8 Å². The van der Waals surface area contributed by atoms with Gasteiger partial charge >= 0.3 is 0 Å². The van der Waals surface area contributed by atoms with Gasteiger partial charge in [-0.25, -0.2) is 4.57 Å². The fourth-order valence-corrected chi connectivity index (χ4v) is 1.99. The van der Waals surface area contributed by atoms with E-state index >= 15 is 0 Å². The summed E-state index contributed by atoms with van der Waals surface area (Å²) in [5.41, 5.74) is 2.73. The second-order valence-electron chi connectivity index (χ2n) is 3.82. The molecule has 0 unspecified atom stereocenters. The normalized spacial score (nSPS) is 10.8. The van der Waals surface area contributed by atoms with E-state index < -0.39 is 0 Å². The van der Waals surface area contributed by atoms with Crippen molar-refractivity contribution in [2.45, 2.75) is 20.3 Å². The monoisotopic (exact) mass is 186 g/mol. The first-order valence-corrected chi connectivity index (χ1v) is 5.10. The molecule has 2 aromatic rings. The highest BCUT2D eigenvalue weighted by Gasteiger charge is 2.08. The van der Waals surface area contributed by atoms with Crippen molar-refractivity contribution in [3.05, 3.63) is 41.7 Å². The molecule has 0 saturated heterocycles. The molecule has 0 atom stereocenters. The van der Waals surface area contributed by atoms with E-state index in [1.807, 2.05) is 0 Å². The first-order valence-electron chi connectivity index (χ1n) is 5.10. The van der Waals surface area contributed by atoms with Crippen molar-refractivity contribution in [1.82, 2.24) is 0 Å². The van der Waals surface area contributed by atoms with Crippen LogP contribution in [0.3, 0.4) is 0 Å². The number of pyridine rings is 1. The fraction of sp³-hybridized carbons (Fsp3) is 0.308. The Labute approximate surface area is 85.0 Å². The number of hydrogen-bond acceptors (Lipinski definition) is 0. The summed E-state index contributed by atoms with van der Waals surface area (Å²) >= 11 is 0. The first kappa shape index (κ1) is 9.20. The molecule has 0 spiro atoms. The molecule has 0 bridgehead atoms. The van der Waals surface area contributed by atoms with Crippen LogP contribution in [0.1, 0.15) is 18.2 Å². The van der Waals surface area contributed by atoms with E-state index in [9.17, 15) is 0 Å². The van der Waals surface area contributed by atoms with Gasteiger partial charge in [0.2, 0.25) is 0 Å². The van der Waals surface area contributed by atoms with Gasteiger partial charge in [-0.1, -0.05) is 24.6 Å². The molecule has 0 saturated carbocycles. The molecule has 0 aliphatic carbocycles. The molecule has 72 valence electrons. The first-order chi connectivity index (χ1) is 6.72. The van der Waals surface area contributed by atoms with Gasteiger partial charge in [-0.05, 0) is 18.4 Å². The standard InChI is InChI=1S/C13H16N/c1-4-13-12-6-5-10(2)9-11(12)7-8-14(13)3/h5-9H,4H2,1-3H3/q+1. The molecule has 2 rings (SSSR count). The van der Waals surface area contributed by atoms with Crippen LogP contribution >= 0.6 is 0 Å². The van der Waals surface area contributed by atoms with Crippen LogP contribution in [0, 0.1) is 6.92 Å². The number of benzene rings is 1. The maximum Gasteiger partial charge on any atom is 0.188 e. The topological polar surface area (TPSA) is 3.88 Å². The summed E-state index contributed by atoms with van der Waals surface area (Å²) in [6.45, 7) is 4.34. The molecule has 0 amide bonds. The minimum absolute atomic E-state index is 1.08. The van der Waals surface area contributed by atoms with E-state index in [1.54, 1.807) is 0 Å². The summed E-state index contributed by atoms with van der Waals surface area (Å²) in [5.74, 6) is 0. The highest BCUT2D eigenvalue weighted by molar-refractivity contribution is 5.84. The van der Waals surface area contributed by atoms with Crippen molar-refractivity contribution in [2.75, 3.05) is 0 Å². The van der Waals surface area contributed by atoms with Gasteiger partial charge in [0.1, 0.15) is 7.05 Å². The van der Waals surface area contributed by atoms with Crippen LogP contribution in [0.25, 0.3) is 10.8 Å². The summed E-state index contributed by atoms with van der Waals surface area (Å²) in [6.07, 6.45) is 3.22. The van der Waals surface area contributed by atoms with E-state index in [4.69, 9.17) is 0 Å². The fourth-order valence-electron chi connectivity index (χ4n) is 1.99. The van der Waals surface area contributed by atoms with E-state index in [-0.39, 0.29) is 0 Å². The quantitative estimate of drug-likeness (QED) is 0.603. The van der Waals surface area contributed by atoms with Crippen LogP contribution in [0.4, 0.5) is 0 Å². The number of fused-ring (bicyclic) bond motifs is 1. The third-order valence-corrected chi connectivity index (χ3v) is 2.76. The van der Waals surface area contributed by atoms with Crippen LogP contribution in [-0.4, -0.2) is 0 Å². The van der Waals surface area contributed by atoms with E-state index in [2.05, 4.69) is 55.9 Å². The molecule has 0 aliphatic rings. The molecule has 1 heteroatoms. The van der Waals surface area contributed by atoms with Crippen molar-refractivity contribution in [3.8, 4) is 0 Å². The Morgan fingerprint density at radius 3 is 2.71 bits per heavy atom. The van der Waals surface area contributed by atoms with Gasteiger partial charge in [-0.15, -0.1) is 0 Å². The van der Waals surface area contributed by atoms with Gasteiger partial charge < -0.3 is 0 Å². The van der Waals surface area contributed by atoms with Crippen LogP contribution in [0.5, 0.6) is 0 Å².